The van der Waals surface area contributed by atoms with E-state index in [-0.39, 0.29) is 16.7 Å². The van der Waals surface area contributed by atoms with E-state index in [0.29, 0.717) is 11.3 Å². The predicted molar refractivity (Wildman–Crippen MR) is 76.9 cm³/mol. The molecule has 0 aliphatic carbocycles. The number of phenolic OH excluding ortho intramolecular Hbond substituents is 1. The van der Waals surface area contributed by atoms with Crippen LogP contribution >= 0.6 is 11.6 Å². The van der Waals surface area contributed by atoms with Gasteiger partial charge in [-0.2, -0.15) is 0 Å². The normalized spacial score (nSPS) is 10.2. The van der Waals surface area contributed by atoms with Crippen molar-refractivity contribution in [3.63, 3.8) is 0 Å². The second-order valence-electron chi connectivity index (χ2n) is 4.13. The van der Waals surface area contributed by atoms with Crippen LogP contribution in [0.1, 0.15) is 22.8 Å². The largest absolute Gasteiger partial charge is 0.506 e. The van der Waals surface area contributed by atoms with Crippen molar-refractivity contribution in [2.45, 2.75) is 13.3 Å². The third-order valence-corrected chi connectivity index (χ3v) is 3.17. The van der Waals surface area contributed by atoms with Crippen molar-refractivity contribution >= 4 is 23.2 Å². The molecule has 0 heterocycles. The molecule has 1 amide bonds. The number of nitrogens with one attached hydrogen (secondary N) is 1. The molecule has 2 aromatic carbocycles. The summed E-state index contributed by atoms with van der Waals surface area (Å²) in [6, 6.07) is 12.1. The number of aryl methyl sites for hydroxylation is 1. The highest BCUT2D eigenvalue weighted by Crippen LogP contribution is 2.26. The van der Waals surface area contributed by atoms with Crippen molar-refractivity contribution in [2.24, 2.45) is 0 Å². The van der Waals surface area contributed by atoms with Crippen LogP contribution in [0.4, 0.5) is 5.69 Å². The average molecular weight is 276 g/mol. The zero-order valence-corrected chi connectivity index (χ0v) is 11.2. The molecule has 2 N–H and O–H groups in total. The van der Waals surface area contributed by atoms with Crippen molar-refractivity contribution < 1.29 is 9.90 Å². The standard InChI is InChI=1S/C15H14ClNO2/c1-2-10-5-3-4-6-12(10)15(19)17-11-7-8-13(16)14(18)9-11/h3-9,18H,2H2,1H3,(H,17,19). The second kappa shape index (κ2) is 5.76. The molecule has 0 atom stereocenters. The molecule has 19 heavy (non-hydrogen) atoms. The van der Waals surface area contributed by atoms with Crippen LogP contribution in [0.25, 0.3) is 0 Å². The number of aromatic hydroxyl groups is 1. The lowest BCUT2D eigenvalue weighted by molar-refractivity contribution is 0.102. The number of benzene rings is 2. The Kier molecular flexibility index (Phi) is 4.07. The predicted octanol–water partition coefficient (Wildman–Crippen LogP) is 3.86. The fraction of sp³-hybridized carbons (Fsp3) is 0.133. The number of anilines is 1. The van der Waals surface area contributed by atoms with Crippen molar-refractivity contribution in [3.8, 4) is 5.75 Å². The summed E-state index contributed by atoms with van der Waals surface area (Å²) < 4.78 is 0. The van der Waals surface area contributed by atoms with Crippen molar-refractivity contribution in [3.05, 3.63) is 58.6 Å². The van der Waals surface area contributed by atoms with E-state index in [9.17, 15) is 9.90 Å². The number of phenols is 1. The van der Waals surface area contributed by atoms with Crippen LogP contribution in [0, 0.1) is 0 Å². The maximum absolute atomic E-state index is 12.2. The highest BCUT2D eigenvalue weighted by atomic mass is 35.5. The maximum Gasteiger partial charge on any atom is 0.255 e. The zero-order chi connectivity index (χ0) is 13.8. The second-order valence-corrected chi connectivity index (χ2v) is 4.54. The van der Waals surface area contributed by atoms with Gasteiger partial charge >= 0.3 is 0 Å². The number of carbonyl (C=O) groups excluding carboxylic acids is 1. The SMILES string of the molecule is CCc1ccccc1C(=O)Nc1ccc(Cl)c(O)c1. The molecule has 98 valence electrons. The van der Waals surface area contributed by atoms with Gasteiger partial charge in [-0.3, -0.25) is 4.79 Å². The lowest BCUT2D eigenvalue weighted by atomic mass is 10.0. The summed E-state index contributed by atoms with van der Waals surface area (Å²) in [5.41, 5.74) is 2.13. The molecule has 0 aliphatic heterocycles. The average Bonchev–Trinajstić information content (AvgIpc) is 2.43. The fourth-order valence-corrected chi connectivity index (χ4v) is 1.96. The molecule has 0 bridgehead atoms. The van der Waals surface area contributed by atoms with Gasteiger partial charge < -0.3 is 10.4 Å². The molecule has 0 spiro atoms. The molecule has 2 aromatic rings. The Morgan fingerprint density at radius 3 is 2.68 bits per heavy atom. The van der Waals surface area contributed by atoms with Gasteiger partial charge in [-0.1, -0.05) is 36.7 Å². The Hall–Kier alpha value is -2.00. The van der Waals surface area contributed by atoms with Gasteiger partial charge in [0.15, 0.2) is 0 Å². The van der Waals surface area contributed by atoms with Crippen LogP contribution in [0.3, 0.4) is 0 Å². The summed E-state index contributed by atoms with van der Waals surface area (Å²) in [5, 5.41) is 12.5. The van der Waals surface area contributed by atoms with Gasteiger partial charge in [-0.05, 0) is 30.2 Å². The molecule has 0 saturated heterocycles. The number of carbonyl (C=O) groups is 1. The molecular formula is C15H14ClNO2. The van der Waals surface area contributed by atoms with Gasteiger partial charge in [0.2, 0.25) is 0 Å². The van der Waals surface area contributed by atoms with Crippen molar-refractivity contribution in [1.82, 2.24) is 0 Å². The molecule has 0 unspecified atom stereocenters. The van der Waals surface area contributed by atoms with E-state index in [1.54, 1.807) is 12.1 Å². The Labute approximate surface area is 116 Å². The third kappa shape index (κ3) is 3.06. The monoisotopic (exact) mass is 275 g/mol. The molecule has 0 aliphatic rings. The molecule has 0 aromatic heterocycles. The van der Waals surface area contributed by atoms with Crippen molar-refractivity contribution in [2.75, 3.05) is 5.32 Å². The van der Waals surface area contributed by atoms with E-state index in [1.807, 2.05) is 25.1 Å². The van der Waals surface area contributed by atoms with Gasteiger partial charge in [0, 0.05) is 17.3 Å². The summed E-state index contributed by atoms with van der Waals surface area (Å²) in [5.74, 6) is -0.248. The Morgan fingerprint density at radius 2 is 2.00 bits per heavy atom. The summed E-state index contributed by atoms with van der Waals surface area (Å²) in [4.78, 5) is 12.2. The Balaban J connectivity index is 2.23. The highest BCUT2D eigenvalue weighted by Gasteiger charge is 2.10. The molecule has 3 nitrogen and oxygen atoms in total. The molecule has 0 saturated carbocycles. The number of halogens is 1. The lowest BCUT2D eigenvalue weighted by Gasteiger charge is -2.09. The van der Waals surface area contributed by atoms with E-state index in [0.717, 1.165) is 12.0 Å². The van der Waals surface area contributed by atoms with Gasteiger partial charge in [0.05, 0.1) is 5.02 Å². The first-order chi connectivity index (χ1) is 9.11. The summed E-state index contributed by atoms with van der Waals surface area (Å²) in [6.45, 7) is 2.00. The number of hydrogen-bond donors (Lipinski definition) is 2. The highest BCUT2D eigenvalue weighted by molar-refractivity contribution is 6.32. The van der Waals surface area contributed by atoms with E-state index in [1.165, 1.54) is 12.1 Å². The molecule has 4 heteroatoms. The smallest absolute Gasteiger partial charge is 0.255 e. The van der Waals surface area contributed by atoms with Gasteiger partial charge in [-0.25, -0.2) is 0 Å². The number of amides is 1. The lowest BCUT2D eigenvalue weighted by Crippen LogP contribution is -2.13. The van der Waals surface area contributed by atoms with Crippen LogP contribution in [0.15, 0.2) is 42.5 Å². The van der Waals surface area contributed by atoms with Crippen LogP contribution < -0.4 is 5.32 Å². The van der Waals surface area contributed by atoms with E-state index < -0.39 is 0 Å². The van der Waals surface area contributed by atoms with Gasteiger partial charge in [0.1, 0.15) is 5.75 Å². The topological polar surface area (TPSA) is 49.3 Å². The van der Waals surface area contributed by atoms with E-state index in [4.69, 9.17) is 11.6 Å². The van der Waals surface area contributed by atoms with Crippen LogP contribution in [-0.4, -0.2) is 11.0 Å². The van der Waals surface area contributed by atoms with E-state index in [2.05, 4.69) is 5.32 Å². The minimum Gasteiger partial charge on any atom is -0.506 e. The van der Waals surface area contributed by atoms with E-state index >= 15 is 0 Å². The van der Waals surface area contributed by atoms with Crippen LogP contribution in [-0.2, 0) is 6.42 Å². The van der Waals surface area contributed by atoms with Crippen LogP contribution in [0.2, 0.25) is 5.02 Å². The quantitative estimate of drug-likeness (QED) is 0.894. The molecule has 2 rings (SSSR count). The summed E-state index contributed by atoms with van der Waals surface area (Å²) >= 11 is 5.72. The van der Waals surface area contributed by atoms with Crippen LogP contribution in [0.5, 0.6) is 5.75 Å². The third-order valence-electron chi connectivity index (χ3n) is 2.85. The number of rotatable bonds is 3. The minimum atomic E-state index is -0.195. The first-order valence-corrected chi connectivity index (χ1v) is 6.37. The Bertz CT molecular complexity index is 611. The summed E-state index contributed by atoms with van der Waals surface area (Å²) in [6.07, 6.45) is 0.787. The number of hydrogen-bond acceptors (Lipinski definition) is 2. The first kappa shape index (κ1) is 13.4. The maximum atomic E-state index is 12.2. The summed E-state index contributed by atoms with van der Waals surface area (Å²) in [7, 11) is 0. The fourth-order valence-electron chi connectivity index (χ4n) is 1.84. The molecule has 0 radical (unpaired) electrons. The van der Waals surface area contributed by atoms with Gasteiger partial charge in [0.25, 0.3) is 5.91 Å². The minimum absolute atomic E-state index is 0.0526. The first-order valence-electron chi connectivity index (χ1n) is 5.99. The Morgan fingerprint density at radius 1 is 1.26 bits per heavy atom. The van der Waals surface area contributed by atoms with Gasteiger partial charge in [-0.15, -0.1) is 0 Å². The molecular weight excluding hydrogens is 262 g/mol. The molecule has 0 fully saturated rings. The zero-order valence-electron chi connectivity index (χ0n) is 10.5. The van der Waals surface area contributed by atoms with Crippen molar-refractivity contribution in [1.29, 1.82) is 0 Å².